The zero-order valence-corrected chi connectivity index (χ0v) is 40.2. The molecule has 4 heterocycles. The second-order valence-electron chi connectivity index (χ2n) is 19.3. The summed E-state index contributed by atoms with van der Waals surface area (Å²) in [4.78, 5) is 4.97. The first kappa shape index (κ1) is 38.3. The molecule has 0 N–H and O–H groups in total. The molecule has 0 amide bonds. The predicted molar refractivity (Wildman–Crippen MR) is 272 cm³/mol. The van der Waals surface area contributed by atoms with Gasteiger partial charge in [0.05, 0.1) is 0 Å². The van der Waals surface area contributed by atoms with Crippen LogP contribution in [0.15, 0.2) is 158 Å². The highest BCUT2D eigenvalue weighted by Crippen LogP contribution is 2.46. The number of fused-ring (bicyclic) bond motifs is 8. The van der Waals surface area contributed by atoms with Crippen LogP contribution in [0.4, 0.5) is 34.1 Å². The van der Waals surface area contributed by atoms with Crippen LogP contribution in [0, 0.1) is 27.7 Å². The second kappa shape index (κ2) is 13.3. The van der Waals surface area contributed by atoms with Gasteiger partial charge < -0.3 is 19.3 Å². The van der Waals surface area contributed by atoms with Crippen LogP contribution >= 0.6 is 0 Å². The van der Waals surface area contributed by atoms with Gasteiger partial charge in [-0.1, -0.05) is 146 Å². The van der Waals surface area contributed by atoms with Crippen molar-refractivity contribution < 1.29 is 9.47 Å². The maximum Gasteiger partial charge on any atom is 0.197 e. The highest BCUT2D eigenvalue weighted by Gasteiger charge is 2.54. The molecule has 0 aliphatic carbocycles. The molecule has 308 valence electrons. The minimum atomic E-state index is -3.03. The molecule has 4 aliphatic rings. The summed E-state index contributed by atoms with van der Waals surface area (Å²) >= 11 is 0. The monoisotopic (exact) mass is 866 g/mol. The number of benzene rings is 8. The van der Waals surface area contributed by atoms with Gasteiger partial charge in [-0.15, -0.1) is 0 Å². The highest BCUT2D eigenvalue weighted by molar-refractivity contribution is 7.21. The Balaban J connectivity index is 1.08. The topological polar surface area (TPSA) is 24.9 Å². The van der Waals surface area contributed by atoms with E-state index in [0.717, 1.165) is 34.4 Å². The molecule has 0 radical (unpaired) electrons. The minimum Gasteiger partial charge on any atom is -0.457 e. The first-order valence-corrected chi connectivity index (χ1v) is 30.2. The van der Waals surface area contributed by atoms with Crippen molar-refractivity contribution in [1.82, 2.24) is 0 Å². The van der Waals surface area contributed by atoms with Gasteiger partial charge in [0.15, 0.2) is 8.07 Å². The number of nitrogens with zero attached hydrogens (tertiary/aromatic N) is 2. The Bertz CT molecular complexity index is 2960. The summed E-state index contributed by atoms with van der Waals surface area (Å²) in [6.07, 6.45) is 0. The van der Waals surface area contributed by atoms with Crippen molar-refractivity contribution in [2.75, 3.05) is 9.80 Å². The Morgan fingerprint density at radius 2 is 0.730 bits per heavy atom. The molecule has 12 rings (SSSR count). The number of hydrogen-bond donors (Lipinski definition) is 0. The van der Waals surface area contributed by atoms with Crippen LogP contribution in [0.2, 0.25) is 26.2 Å². The smallest absolute Gasteiger partial charge is 0.197 e. The van der Waals surface area contributed by atoms with E-state index in [4.69, 9.17) is 9.47 Å². The van der Waals surface area contributed by atoms with Crippen LogP contribution < -0.4 is 60.8 Å². The Hall–Kier alpha value is -6.39. The van der Waals surface area contributed by atoms with Crippen LogP contribution in [-0.4, -0.2) is 24.2 Å². The summed E-state index contributed by atoms with van der Waals surface area (Å²) < 4.78 is 14.3. The van der Waals surface area contributed by atoms with Crippen molar-refractivity contribution in [2.45, 2.75) is 53.9 Å². The fraction of sp³-hybridized carbons (Fsp3) is 0.143. The van der Waals surface area contributed by atoms with Crippen molar-refractivity contribution in [2.24, 2.45) is 0 Å². The van der Waals surface area contributed by atoms with Crippen LogP contribution in [0.25, 0.3) is 0 Å². The first-order chi connectivity index (χ1) is 30.3. The third-order valence-corrected chi connectivity index (χ3v) is 26.4. The third kappa shape index (κ3) is 5.30. The molecular formula is C56H50N2O2Si3. The lowest BCUT2D eigenvalue weighted by Gasteiger charge is -2.45. The quantitative estimate of drug-likeness (QED) is 0.165. The van der Waals surface area contributed by atoms with Gasteiger partial charge in [-0.3, -0.25) is 0 Å². The zero-order valence-electron chi connectivity index (χ0n) is 37.2. The maximum atomic E-state index is 7.14. The SMILES string of the molecule is Cc1ccc2c(c1)[Si](C)(C)c1cc(C)ccc1N2c1ccc2c(c1)Oc1cccc3c1[Si]2(c1ccccc1)c1ccc(N2c4ccc(C)cc4[Si](C)(C)c4cc(C)ccc42)cc1O3. The van der Waals surface area contributed by atoms with E-state index in [1.54, 1.807) is 0 Å². The number of anilines is 6. The number of aryl methyl sites for hydroxylation is 4. The average Bonchev–Trinajstić information content (AvgIpc) is 3.27. The number of rotatable bonds is 3. The molecule has 8 aromatic carbocycles. The molecule has 4 nitrogen and oxygen atoms in total. The lowest BCUT2D eigenvalue weighted by molar-refractivity contribution is 0.464. The molecule has 0 fully saturated rings. The van der Waals surface area contributed by atoms with E-state index >= 15 is 0 Å². The van der Waals surface area contributed by atoms with Crippen LogP contribution in [0.1, 0.15) is 22.3 Å². The summed E-state index contributed by atoms with van der Waals surface area (Å²) in [5, 5.41) is 10.8. The van der Waals surface area contributed by atoms with E-state index in [1.165, 1.54) is 86.5 Å². The summed E-state index contributed by atoms with van der Waals surface area (Å²) in [5.74, 6) is 3.56. The van der Waals surface area contributed by atoms with E-state index in [9.17, 15) is 0 Å². The predicted octanol–water partition coefficient (Wildman–Crippen LogP) is 9.72. The fourth-order valence-electron chi connectivity index (χ4n) is 11.4. The van der Waals surface area contributed by atoms with Crippen molar-refractivity contribution in [3.8, 4) is 23.0 Å². The Kier molecular flexibility index (Phi) is 8.09. The second-order valence-corrected chi connectivity index (χ2v) is 31.6. The summed E-state index contributed by atoms with van der Waals surface area (Å²) in [5.41, 5.74) is 12.5. The zero-order chi connectivity index (χ0) is 43.2. The van der Waals surface area contributed by atoms with E-state index in [-0.39, 0.29) is 0 Å². The van der Waals surface area contributed by atoms with Gasteiger partial charge in [0.1, 0.15) is 39.1 Å². The molecule has 8 aromatic rings. The molecule has 0 saturated heterocycles. The lowest BCUT2D eigenvalue weighted by atomic mass is 10.1. The van der Waals surface area contributed by atoms with E-state index in [2.05, 4.69) is 221 Å². The summed E-state index contributed by atoms with van der Waals surface area (Å²) in [6, 6.07) is 59.8. The Morgan fingerprint density at radius 1 is 0.349 bits per heavy atom. The highest BCUT2D eigenvalue weighted by atomic mass is 28.3. The largest absolute Gasteiger partial charge is 0.457 e. The van der Waals surface area contributed by atoms with Crippen molar-refractivity contribution in [1.29, 1.82) is 0 Å². The fourth-order valence-corrected chi connectivity index (χ4v) is 22.8. The Morgan fingerprint density at radius 3 is 1.11 bits per heavy atom. The molecular weight excluding hydrogens is 817 g/mol. The lowest BCUT2D eigenvalue weighted by Crippen LogP contribution is -2.77. The van der Waals surface area contributed by atoms with Gasteiger partial charge in [-0.05, 0) is 113 Å². The maximum absolute atomic E-state index is 7.14. The van der Waals surface area contributed by atoms with Gasteiger partial charge in [-0.25, -0.2) is 0 Å². The minimum absolute atomic E-state index is 0.874. The molecule has 0 saturated carbocycles. The molecule has 4 aliphatic heterocycles. The molecule has 0 unspecified atom stereocenters. The van der Waals surface area contributed by atoms with Gasteiger partial charge in [-0.2, -0.15) is 0 Å². The Labute approximate surface area is 374 Å². The number of ether oxygens (including phenoxy) is 2. The van der Waals surface area contributed by atoms with E-state index in [1.807, 2.05) is 0 Å². The van der Waals surface area contributed by atoms with Crippen LogP contribution in [0.5, 0.6) is 23.0 Å². The van der Waals surface area contributed by atoms with Gasteiger partial charge >= 0.3 is 0 Å². The summed E-state index contributed by atoms with van der Waals surface area (Å²) in [7, 11) is -7.05. The normalized spacial score (nSPS) is 16.2. The standard InChI is InChI=1S/C56H50N2O2Si3/c1-35-17-23-42-52(29-35)61(5,6)53-30-36(2)18-24-43(53)57(42)39-21-27-50-48(33-39)59-46-15-12-16-47-56(46)63(50,41-13-10-9-11-14-41)51-28-22-40(34-49(51)60-47)58-44-25-19-37(3)31-54(44)62(7,8)55-32-38(4)20-26-45(55)58/h9-34H,1-8H3. The summed E-state index contributed by atoms with van der Waals surface area (Å²) in [6.45, 7) is 18.9. The molecule has 0 atom stereocenters. The van der Waals surface area contributed by atoms with E-state index in [0.29, 0.717) is 0 Å². The molecule has 7 heteroatoms. The van der Waals surface area contributed by atoms with Crippen molar-refractivity contribution in [3.05, 3.63) is 180 Å². The van der Waals surface area contributed by atoms with E-state index < -0.39 is 24.2 Å². The van der Waals surface area contributed by atoms with Gasteiger partial charge in [0.25, 0.3) is 0 Å². The molecule has 0 bridgehead atoms. The third-order valence-electron chi connectivity index (χ3n) is 14.5. The van der Waals surface area contributed by atoms with Crippen LogP contribution in [-0.2, 0) is 0 Å². The number of hydrogen-bond acceptors (Lipinski definition) is 4. The van der Waals surface area contributed by atoms with Crippen molar-refractivity contribution in [3.63, 3.8) is 0 Å². The van der Waals surface area contributed by atoms with Crippen molar-refractivity contribution >= 4 is 99.8 Å². The van der Waals surface area contributed by atoms with Gasteiger partial charge in [0, 0.05) is 51.4 Å². The van der Waals surface area contributed by atoms with Gasteiger partial charge in [0.2, 0.25) is 0 Å². The molecule has 63 heavy (non-hydrogen) atoms. The molecule has 0 spiro atoms. The molecule has 0 aromatic heterocycles. The average molecular weight is 867 g/mol. The first-order valence-electron chi connectivity index (χ1n) is 22.2. The van der Waals surface area contributed by atoms with Crippen LogP contribution in [0.3, 0.4) is 0 Å².